The lowest BCUT2D eigenvalue weighted by atomic mass is 10.1. The Kier molecular flexibility index (Phi) is 10.9. The smallest absolute Gasteiger partial charge is 0.338 e. The monoisotopic (exact) mass is 666 g/mol. The molecule has 1 saturated heterocycles. The number of carbonyl (C=O) groups excluding carboxylic acids is 2. The Morgan fingerprint density at radius 3 is 1.96 bits per heavy atom. The third kappa shape index (κ3) is 7.42. The summed E-state index contributed by atoms with van der Waals surface area (Å²) in [5.41, 5.74) is 5.21. The number of aromatic nitrogens is 4. The van der Waals surface area contributed by atoms with Gasteiger partial charge in [-0.05, 0) is 110 Å². The third-order valence-electron chi connectivity index (χ3n) is 7.53. The minimum absolute atomic E-state index is 0.296. The molecule has 1 fully saturated rings. The number of benzene rings is 2. The molecular weight excluding hydrogens is 632 g/mol. The molecule has 0 radical (unpaired) electrons. The van der Waals surface area contributed by atoms with Crippen molar-refractivity contribution in [1.82, 2.24) is 29.3 Å². The molecule has 48 heavy (non-hydrogen) atoms. The fraction of sp³-hybridized carbons (Fsp3) is 0.200. The lowest BCUT2D eigenvalue weighted by Gasteiger charge is -2.17. The van der Waals surface area contributed by atoms with Crippen molar-refractivity contribution < 1.29 is 27.5 Å². The zero-order chi connectivity index (χ0) is 34.0. The lowest BCUT2D eigenvalue weighted by molar-refractivity contribution is 0.190. The average Bonchev–Trinajstić information content (AvgIpc) is 3.81. The Morgan fingerprint density at radius 1 is 0.812 bits per heavy atom. The highest BCUT2D eigenvalue weighted by Crippen LogP contribution is 2.30. The van der Waals surface area contributed by atoms with Crippen LogP contribution in [0.3, 0.4) is 0 Å². The van der Waals surface area contributed by atoms with Gasteiger partial charge in [-0.2, -0.15) is 8.42 Å². The van der Waals surface area contributed by atoms with Gasteiger partial charge in [-0.25, -0.2) is 29.0 Å². The Morgan fingerprint density at radius 2 is 1.40 bits per heavy atom. The van der Waals surface area contributed by atoms with Crippen LogP contribution in [0.1, 0.15) is 13.8 Å². The summed E-state index contributed by atoms with van der Waals surface area (Å²) in [6.45, 7) is 6.08. The second-order valence-electron chi connectivity index (χ2n) is 10.5. The van der Waals surface area contributed by atoms with Gasteiger partial charge >= 0.3 is 23.6 Å². The first-order valence-corrected chi connectivity index (χ1v) is 15.9. The van der Waals surface area contributed by atoms with Gasteiger partial charge < -0.3 is 19.4 Å². The van der Waals surface area contributed by atoms with Crippen LogP contribution in [-0.4, -0.2) is 83.1 Å². The number of rotatable bonds is 6. The van der Waals surface area contributed by atoms with Crippen LogP contribution in [0.5, 0.6) is 11.5 Å². The number of urea groups is 1. The first-order chi connectivity index (χ1) is 23.4. The van der Waals surface area contributed by atoms with E-state index < -0.39 is 11.6 Å². The molecule has 0 unspecified atom stereocenters. The van der Waals surface area contributed by atoms with Crippen LogP contribution < -0.4 is 9.47 Å². The van der Waals surface area contributed by atoms with E-state index in [9.17, 15) is 9.59 Å². The minimum atomic E-state index is -0.750. The highest BCUT2D eigenvalue weighted by Gasteiger charge is 2.33. The van der Waals surface area contributed by atoms with Crippen LogP contribution in [0.15, 0.2) is 97.3 Å². The van der Waals surface area contributed by atoms with E-state index >= 15 is 0 Å². The average molecular weight is 667 g/mol. The summed E-state index contributed by atoms with van der Waals surface area (Å²) >= 11 is -0.750. The Bertz CT molecular complexity index is 2020. The lowest BCUT2D eigenvalue weighted by Crippen LogP contribution is -2.38. The number of hydrogen-bond acceptors (Lipinski definition) is 8. The number of aromatic amines is 1. The Balaban J connectivity index is 0.000000185. The number of fused-ring (bicyclic) bond motifs is 2. The van der Waals surface area contributed by atoms with E-state index in [2.05, 4.69) is 39.2 Å². The van der Waals surface area contributed by atoms with Crippen molar-refractivity contribution in [1.29, 1.82) is 0 Å². The molecule has 0 aliphatic carbocycles. The molecule has 6 aromatic rings. The number of nitrogens with one attached hydrogen (secondary N) is 1. The van der Waals surface area contributed by atoms with Crippen molar-refractivity contribution >= 4 is 45.7 Å². The van der Waals surface area contributed by atoms with Gasteiger partial charge in [0.15, 0.2) is 0 Å². The van der Waals surface area contributed by atoms with Gasteiger partial charge in [0.2, 0.25) is 0 Å². The highest BCUT2D eigenvalue weighted by molar-refractivity contribution is 7.51. The maximum atomic E-state index is 13.2. The SMILES string of the molecule is CCOc1ccc(-c2cc3cccnc3[nH]2)cc1.CCOc1ccc(-c2cc3cccnc3n2C(=O)N2CCN(C)C2=O)cc1.O=S=O. The molecular formula is C35H34N6O6S. The van der Waals surface area contributed by atoms with E-state index in [1.807, 2.05) is 74.5 Å². The zero-order valence-electron chi connectivity index (χ0n) is 26.7. The molecule has 5 heterocycles. The number of imide groups is 1. The maximum absolute atomic E-state index is 13.2. The van der Waals surface area contributed by atoms with Crippen LogP contribution in [0, 0.1) is 0 Å². The maximum Gasteiger partial charge on any atom is 0.338 e. The molecule has 1 aliphatic rings. The van der Waals surface area contributed by atoms with Gasteiger partial charge in [0.25, 0.3) is 0 Å². The van der Waals surface area contributed by atoms with Crippen molar-refractivity contribution in [2.45, 2.75) is 13.8 Å². The fourth-order valence-electron chi connectivity index (χ4n) is 5.29. The van der Waals surface area contributed by atoms with Crippen LogP contribution >= 0.6 is 0 Å². The van der Waals surface area contributed by atoms with Crippen LogP contribution in [0.25, 0.3) is 44.6 Å². The summed E-state index contributed by atoms with van der Waals surface area (Å²) in [7, 11) is 1.69. The van der Waals surface area contributed by atoms with Gasteiger partial charge in [0.05, 0.1) is 18.9 Å². The number of carbonyl (C=O) groups is 2. The van der Waals surface area contributed by atoms with Crippen molar-refractivity contribution in [3.63, 3.8) is 0 Å². The van der Waals surface area contributed by atoms with E-state index in [1.54, 1.807) is 19.4 Å². The van der Waals surface area contributed by atoms with E-state index in [0.717, 1.165) is 44.7 Å². The molecule has 1 N–H and O–H groups in total. The van der Waals surface area contributed by atoms with Crippen molar-refractivity contribution in [2.24, 2.45) is 0 Å². The molecule has 2 aromatic carbocycles. The Hall–Kier alpha value is -5.82. The summed E-state index contributed by atoms with van der Waals surface area (Å²) in [4.78, 5) is 40.3. The molecule has 0 spiro atoms. The van der Waals surface area contributed by atoms with Gasteiger partial charge in [-0.3, -0.25) is 0 Å². The number of amides is 3. The molecule has 0 atom stereocenters. The van der Waals surface area contributed by atoms with E-state index in [4.69, 9.17) is 17.9 Å². The van der Waals surface area contributed by atoms with Crippen LogP contribution in [-0.2, 0) is 11.6 Å². The predicted molar refractivity (Wildman–Crippen MR) is 183 cm³/mol. The van der Waals surface area contributed by atoms with Crippen molar-refractivity contribution in [3.05, 3.63) is 97.3 Å². The number of nitrogens with zero attached hydrogens (tertiary/aromatic N) is 5. The van der Waals surface area contributed by atoms with E-state index in [0.29, 0.717) is 37.6 Å². The van der Waals surface area contributed by atoms with E-state index in [1.165, 1.54) is 14.4 Å². The summed E-state index contributed by atoms with van der Waals surface area (Å²) in [5.74, 6) is 1.67. The molecule has 4 aromatic heterocycles. The molecule has 0 saturated carbocycles. The number of likely N-dealkylation sites (N-methyl/N-ethyl adjacent to an activating group) is 1. The summed E-state index contributed by atoms with van der Waals surface area (Å²) in [6, 6.07) is 26.7. The van der Waals surface area contributed by atoms with Crippen molar-refractivity contribution in [2.75, 3.05) is 33.4 Å². The third-order valence-corrected chi connectivity index (χ3v) is 7.53. The molecule has 13 heteroatoms. The largest absolute Gasteiger partial charge is 0.494 e. The summed E-state index contributed by atoms with van der Waals surface area (Å²) in [6.07, 6.45) is 3.44. The number of pyridine rings is 2. The standard InChI is InChI=1S/C20H20N4O3.C15H14N2O.O2S/c1-3-27-16-8-6-14(7-9-16)17-13-15-5-4-10-21-18(15)24(17)20(26)23-12-11-22(2)19(23)25;1-2-18-13-7-5-11(6-8-13)14-10-12-4-3-9-16-15(12)17-14;1-3-2/h4-10,13H,3,11-12H2,1-2H3;3-10H,2H2,1H3,(H,16,17);. The molecule has 246 valence electrons. The van der Waals surface area contributed by atoms with Gasteiger partial charge in [-0.1, -0.05) is 0 Å². The highest BCUT2D eigenvalue weighted by atomic mass is 32.1. The first kappa shape index (κ1) is 33.5. The minimum Gasteiger partial charge on any atom is -0.494 e. The number of hydrogen-bond donors (Lipinski definition) is 1. The second kappa shape index (κ2) is 15.6. The van der Waals surface area contributed by atoms with E-state index in [-0.39, 0.29) is 12.1 Å². The topological polar surface area (TPSA) is 140 Å². The normalized spacial score (nSPS) is 12.3. The first-order valence-electron chi connectivity index (χ1n) is 15.2. The molecule has 1 aliphatic heterocycles. The quantitative estimate of drug-likeness (QED) is 0.216. The van der Waals surface area contributed by atoms with Gasteiger partial charge in [0, 0.05) is 49.0 Å². The van der Waals surface area contributed by atoms with Crippen LogP contribution in [0.2, 0.25) is 0 Å². The van der Waals surface area contributed by atoms with Crippen LogP contribution in [0.4, 0.5) is 9.59 Å². The molecule has 7 rings (SSSR count). The fourth-order valence-corrected chi connectivity index (χ4v) is 5.29. The zero-order valence-corrected chi connectivity index (χ0v) is 27.5. The van der Waals surface area contributed by atoms with Gasteiger partial charge in [-0.15, -0.1) is 0 Å². The Labute approximate surface area is 280 Å². The predicted octanol–water partition coefficient (Wildman–Crippen LogP) is 6.40. The molecule has 0 bridgehead atoms. The number of H-pyrrole nitrogens is 1. The summed E-state index contributed by atoms with van der Waals surface area (Å²) < 4.78 is 29.0. The molecule has 3 amide bonds. The number of ether oxygens (including phenoxy) is 2. The second-order valence-corrected chi connectivity index (χ2v) is 10.7. The molecule has 12 nitrogen and oxygen atoms in total. The summed E-state index contributed by atoms with van der Waals surface area (Å²) in [5, 5.41) is 1.97. The van der Waals surface area contributed by atoms with Crippen molar-refractivity contribution in [3.8, 4) is 34.0 Å². The van der Waals surface area contributed by atoms with Gasteiger partial charge in [0.1, 0.15) is 22.8 Å².